The molecule has 3 nitrogen and oxygen atoms in total. The lowest BCUT2D eigenvalue weighted by Crippen LogP contribution is -2.53. The molecule has 0 radical (unpaired) electrons. The molecule has 0 aromatic rings. The van der Waals surface area contributed by atoms with Gasteiger partial charge in [-0.2, -0.15) is 0 Å². The van der Waals surface area contributed by atoms with Gasteiger partial charge >= 0.3 is 0 Å². The molecule has 0 aromatic carbocycles. The Balaban J connectivity index is 5.02. The van der Waals surface area contributed by atoms with Crippen molar-refractivity contribution in [3.63, 3.8) is 0 Å². The first kappa shape index (κ1) is 17.6. The van der Waals surface area contributed by atoms with Crippen LogP contribution >= 0.6 is 0 Å². The van der Waals surface area contributed by atoms with E-state index in [0.717, 1.165) is 12.8 Å². The van der Waals surface area contributed by atoms with Crippen molar-refractivity contribution >= 4 is 5.78 Å². The molecule has 0 bridgehead atoms. The van der Waals surface area contributed by atoms with Crippen molar-refractivity contribution in [2.75, 3.05) is 7.05 Å². The monoisotopic (exact) mass is 257 g/mol. The summed E-state index contributed by atoms with van der Waals surface area (Å²) < 4.78 is 0. The minimum atomic E-state index is -0.577. The van der Waals surface area contributed by atoms with E-state index in [1.165, 1.54) is 0 Å². The second kappa shape index (κ2) is 7.90. The van der Waals surface area contributed by atoms with Gasteiger partial charge in [0.05, 0.1) is 12.1 Å². The third kappa shape index (κ3) is 4.69. The molecule has 18 heavy (non-hydrogen) atoms. The molecule has 0 heterocycles. The standard InChI is InChI=1S/C15H31NO2/c1-8-9-12(6)15(18)13(14(17)10(2)3)16(7)11(4)5/h10-13,15,18H,8-9H2,1-7H3/t12-,13-,15-/m1/s1. The molecule has 3 atom stereocenters. The molecule has 0 saturated heterocycles. The molecule has 1 N–H and O–H groups in total. The highest BCUT2D eigenvalue weighted by Crippen LogP contribution is 2.21. The molecule has 0 aliphatic rings. The first-order valence-electron chi connectivity index (χ1n) is 7.17. The van der Waals surface area contributed by atoms with E-state index in [4.69, 9.17) is 0 Å². The maximum absolute atomic E-state index is 12.3. The number of likely N-dealkylation sites (N-methyl/N-ethyl adjacent to an activating group) is 1. The molecule has 0 saturated carbocycles. The molecule has 3 heteroatoms. The zero-order chi connectivity index (χ0) is 14.5. The third-order valence-corrected chi connectivity index (χ3v) is 3.76. The van der Waals surface area contributed by atoms with Crippen LogP contribution in [-0.4, -0.2) is 41.0 Å². The van der Waals surface area contributed by atoms with Gasteiger partial charge in [-0.3, -0.25) is 9.69 Å². The fourth-order valence-electron chi connectivity index (χ4n) is 2.21. The van der Waals surface area contributed by atoms with Crippen molar-refractivity contribution in [3.05, 3.63) is 0 Å². The van der Waals surface area contributed by atoms with Crippen LogP contribution in [0.2, 0.25) is 0 Å². The Morgan fingerprint density at radius 2 is 1.67 bits per heavy atom. The van der Waals surface area contributed by atoms with Gasteiger partial charge < -0.3 is 5.11 Å². The molecule has 0 fully saturated rings. The number of nitrogens with zero attached hydrogens (tertiary/aromatic N) is 1. The van der Waals surface area contributed by atoms with Crippen LogP contribution in [0.3, 0.4) is 0 Å². The Labute approximate surface area is 113 Å². The van der Waals surface area contributed by atoms with E-state index in [-0.39, 0.29) is 29.7 Å². The maximum atomic E-state index is 12.3. The van der Waals surface area contributed by atoms with Crippen LogP contribution in [0.25, 0.3) is 0 Å². The summed E-state index contributed by atoms with van der Waals surface area (Å²) in [6, 6.07) is -0.132. The molecular weight excluding hydrogens is 226 g/mol. The summed E-state index contributed by atoms with van der Waals surface area (Å²) in [5, 5.41) is 10.5. The van der Waals surface area contributed by atoms with Crippen molar-refractivity contribution in [3.8, 4) is 0 Å². The number of ketones is 1. The zero-order valence-electron chi connectivity index (χ0n) is 13.1. The first-order valence-corrected chi connectivity index (χ1v) is 7.17. The molecule has 0 spiro atoms. The Morgan fingerprint density at radius 3 is 2.00 bits per heavy atom. The first-order chi connectivity index (χ1) is 8.23. The number of Topliss-reactive ketones (excluding diaryl/α,β-unsaturated/α-hetero) is 1. The van der Waals surface area contributed by atoms with Gasteiger partial charge in [-0.25, -0.2) is 0 Å². The summed E-state index contributed by atoms with van der Waals surface area (Å²) in [6.45, 7) is 12.1. The lowest BCUT2D eigenvalue weighted by Gasteiger charge is -2.37. The van der Waals surface area contributed by atoms with E-state index in [0.29, 0.717) is 0 Å². The Morgan fingerprint density at radius 1 is 1.17 bits per heavy atom. The summed E-state index contributed by atoms with van der Waals surface area (Å²) in [5.41, 5.74) is 0. The van der Waals surface area contributed by atoms with E-state index in [9.17, 15) is 9.90 Å². The Bertz CT molecular complexity index is 251. The van der Waals surface area contributed by atoms with Crippen LogP contribution in [0.1, 0.15) is 54.4 Å². The minimum Gasteiger partial charge on any atom is -0.391 e. The van der Waals surface area contributed by atoms with E-state index >= 15 is 0 Å². The molecular formula is C15H31NO2. The van der Waals surface area contributed by atoms with Gasteiger partial charge in [0.2, 0.25) is 0 Å². The van der Waals surface area contributed by atoms with Gasteiger partial charge in [-0.05, 0) is 33.2 Å². The number of aliphatic hydroxyl groups is 1. The molecule has 0 amide bonds. The van der Waals surface area contributed by atoms with Gasteiger partial charge in [0.15, 0.2) is 5.78 Å². The number of rotatable bonds is 8. The second-order valence-corrected chi connectivity index (χ2v) is 6.02. The molecule has 0 unspecified atom stereocenters. The summed E-state index contributed by atoms with van der Waals surface area (Å²) in [5.74, 6) is 0.255. The Hall–Kier alpha value is -0.410. The number of hydrogen-bond donors (Lipinski definition) is 1. The molecule has 0 aliphatic heterocycles. The van der Waals surface area contributed by atoms with Crippen LogP contribution in [0.5, 0.6) is 0 Å². The lowest BCUT2D eigenvalue weighted by atomic mass is 9.87. The third-order valence-electron chi connectivity index (χ3n) is 3.76. The van der Waals surface area contributed by atoms with Gasteiger partial charge in [0.25, 0.3) is 0 Å². The van der Waals surface area contributed by atoms with Gasteiger partial charge in [-0.1, -0.05) is 34.1 Å². The second-order valence-electron chi connectivity index (χ2n) is 6.02. The minimum absolute atomic E-state index is 0.0420. The quantitative estimate of drug-likeness (QED) is 0.727. The molecule has 0 aliphatic carbocycles. The lowest BCUT2D eigenvalue weighted by molar-refractivity contribution is -0.133. The van der Waals surface area contributed by atoms with Crippen molar-refractivity contribution < 1.29 is 9.90 Å². The van der Waals surface area contributed by atoms with Crippen molar-refractivity contribution in [1.82, 2.24) is 4.90 Å². The average Bonchev–Trinajstić information content (AvgIpc) is 2.28. The molecule has 0 rings (SSSR count). The molecule has 108 valence electrons. The highest BCUT2D eigenvalue weighted by Gasteiger charge is 2.35. The van der Waals surface area contributed by atoms with Crippen LogP contribution in [0.4, 0.5) is 0 Å². The number of hydrogen-bond acceptors (Lipinski definition) is 3. The van der Waals surface area contributed by atoms with Gasteiger partial charge in [0.1, 0.15) is 0 Å². The summed E-state index contributed by atoms with van der Waals surface area (Å²) in [7, 11) is 1.93. The fourth-order valence-corrected chi connectivity index (χ4v) is 2.21. The van der Waals surface area contributed by atoms with E-state index in [2.05, 4.69) is 20.8 Å². The Kier molecular flexibility index (Phi) is 7.72. The summed E-state index contributed by atoms with van der Waals surface area (Å²) in [4.78, 5) is 14.3. The number of carbonyl (C=O) groups is 1. The topological polar surface area (TPSA) is 40.5 Å². The van der Waals surface area contributed by atoms with Crippen molar-refractivity contribution in [2.45, 2.75) is 72.6 Å². The summed E-state index contributed by atoms with van der Waals surface area (Å²) >= 11 is 0. The predicted octanol–water partition coefficient (Wildman–Crippen LogP) is 2.72. The zero-order valence-corrected chi connectivity index (χ0v) is 13.1. The highest BCUT2D eigenvalue weighted by atomic mass is 16.3. The van der Waals surface area contributed by atoms with Crippen molar-refractivity contribution in [1.29, 1.82) is 0 Å². The normalized spacial score (nSPS) is 17.3. The number of carbonyl (C=O) groups excluding carboxylic acids is 1. The van der Waals surface area contributed by atoms with Gasteiger partial charge in [0, 0.05) is 12.0 Å². The largest absolute Gasteiger partial charge is 0.391 e. The van der Waals surface area contributed by atoms with Gasteiger partial charge in [-0.15, -0.1) is 0 Å². The number of aliphatic hydroxyl groups excluding tert-OH is 1. The van der Waals surface area contributed by atoms with Crippen LogP contribution in [0, 0.1) is 11.8 Å². The predicted molar refractivity (Wildman–Crippen MR) is 76.6 cm³/mol. The van der Waals surface area contributed by atoms with Crippen LogP contribution in [0.15, 0.2) is 0 Å². The maximum Gasteiger partial charge on any atom is 0.155 e. The van der Waals surface area contributed by atoms with E-state index < -0.39 is 6.10 Å². The SMILES string of the molecule is CCC[C@@H](C)[C@@H](O)[C@@H](C(=O)C(C)C)N(C)C(C)C. The average molecular weight is 257 g/mol. The smallest absolute Gasteiger partial charge is 0.155 e. The van der Waals surface area contributed by atoms with E-state index in [1.807, 2.05) is 32.7 Å². The molecule has 0 aromatic heterocycles. The van der Waals surface area contributed by atoms with Crippen molar-refractivity contribution in [2.24, 2.45) is 11.8 Å². The fraction of sp³-hybridized carbons (Fsp3) is 0.933. The van der Waals surface area contributed by atoms with Crippen LogP contribution in [-0.2, 0) is 4.79 Å². The highest BCUT2D eigenvalue weighted by molar-refractivity contribution is 5.86. The van der Waals surface area contributed by atoms with Crippen LogP contribution < -0.4 is 0 Å². The van der Waals surface area contributed by atoms with E-state index in [1.54, 1.807) is 0 Å². The summed E-state index contributed by atoms with van der Waals surface area (Å²) in [6.07, 6.45) is 1.41.